The molecule has 0 saturated carbocycles. The smallest absolute Gasteiger partial charge is 0.175 e. The number of carbonyl (C=O) groups excluding carboxylic acids is 1. The molecule has 0 spiro atoms. The summed E-state index contributed by atoms with van der Waals surface area (Å²) in [5, 5.41) is 0.0110. The topological polar surface area (TPSA) is 26.3 Å². The van der Waals surface area contributed by atoms with Crippen molar-refractivity contribution in [3.05, 3.63) is 35.4 Å². The third-order valence-electron chi connectivity index (χ3n) is 3.26. The normalized spacial score (nSPS) is 20.9. The average molecular weight is 264 g/mol. The minimum atomic E-state index is 0.0110. The fourth-order valence-corrected chi connectivity index (χ4v) is 3.11. The second-order valence-electron chi connectivity index (χ2n) is 4.84. The Morgan fingerprint density at radius 2 is 2.17 bits per heavy atom. The number of hydrogen-bond donors (Lipinski definition) is 0. The van der Waals surface area contributed by atoms with Crippen LogP contribution >= 0.6 is 11.8 Å². The molecule has 2 rings (SSSR count). The summed E-state index contributed by atoms with van der Waals surface area (Å²) in [6.45, 7) is 4.90. The summed E-state index contributed by atoms with van der Waals surface area (Å²) in [6.07, 6.45) is 2.65. The van der Waals surface area contributed by atoms with Crippen LogP contribution in [0.3, 0.4) is 0 Å². The van der Waals surface area contributed by atoms with Gasteiger partial charge in [0, 0.05) is 17.9 Å². The van der Waals surface area contributed by atoms with Gasteiger partial charge in [0.15, 0.2) is 5.78 Å². The van der Waals surface area contributed by atoms with Gasteiger partial charge in [0.05, 0.1) is 11.4 Å². The lowest BCUT2D eigenvalue weighted by Gasteiger charge is -2.13. The lowest BCUT2D eigenvalue weighted by Crippen LogP contribution is -2.18. The lowest BCUT2D eigenvalue weighted by molar-refractivity contribution is 0.0993. The first-order valence-corrected chi connectivity index (χ1v) is 7.56. The van der Waals surface area contributed by atoms with E-state index < -0.39 is 0 Å². The van der Waals surface area contributed by atoms with Crippen LogP contribution in [0.4, 0.5) is 0 Å². The van der Waals surface area contributed by atoms with Gasteiger partial charge in [-0.1, -0.05) is 29.8 Å². The number of hydrogen-bond acceptors (Lipinski definition) is 3. The summed E-state index contributed by atoms with van der Waals surface area (Å²) in [5.41, 5.74) is 2.00. The number of benzene rings is 1. The Morgan fingerprint density at radius 1 is 1.44 bits per heavy atom. The van der Waals surface area contributed by atoms with Crippen molar-refractivity contribution >= 4 is 17.5 Å². The fraction of sp³-hybridized carbons (Fsp3) is 0.533. The van der Waals surface area contributed by atoms with E-state index in [1.54, 1.807) is 11.8 Å². The minimum Gasteiger partial charge on any atom is -0.377 e. The maximum Gasteiger partial charge on any atom is 0.175 e. The Morgan fingerprint density at radius 3 is 2.78 bits per heavy atom. The third kappa shape index (κ3) is 3.59. The highest BCUT2D eigenvalue weighted by Crippen LogP contribution is 2.22. The molecule has 2 atom stereocenters. The Balaban J connectivity index is 1.85. The van der Waals surface area contributed by atoms with E-state index >= 15 is 0 Å². The number of ketones is 1. The quantitative estimate of drug-likeness (QED) is 0.762. The second kappa shape index (κ2) is 6.39. The summed E-state index contributed by atoms with van der Waals surface area (Å²) in [7, 11) is 0. The molecule has 1 aromatic rings. The summed E-state index contributed by atoms with van der Waals surface area (Å²) in [6, 6.07) is 7.82. The molecule has 0 aliphatic carbocycles. The van der Waals surface area contributed by atoms with E-state index in [1.807, 2.05) is 38.1 Å². The Bertz CT molecular complexity index is 393. The van der Waals surface area contributed by atoms with Crippen molar-refractivity contribution < 1.29 is 9.53 Å². The van der Waals surface area contributed by atoms with Gasteiger partial charge in [-0.3, -0.25) is 4.79 Å². The highest BCUT2D eigenvalue weighted by Gasteiger charge is 2.20. The van der Waals surface area contributed by atoms with Crippen molar-refractivity contribution in [3.8, 4) is 0 Å². The molecule has 0 bridgehead atoms. The molecule has 1 heterocycles. The number of carbonyl (C=O) groups is 1. The van der Waals surface area contributed by atoms with E-state index in [-0.39, 0.29) is 11.0 Å². The monoisotopic (exact) mass is 264 g/mol. The van der Waals surface area contributed by atoms with Gasteiger partial charge in [-0.05, 0) is 26.7 Å². The van der Waals surface area contributed by atoms with Crippen LogP contribution in [0.2, 0.25) is 0 Å². The van der Waals surface area contributed by atoms with Gasteiger partial charge in [0.25, 0.3) is 0 Å². The van der Waals surface area contributed by atoms with E-state index in [0.29, 0.717) is 6.10 Å². The zero-order chi connectivity index (χ0) is 13.0. The highest BCUT2D eigenvalue weighted by atomic mass is 32.2. The number of ether oxygens (including phenoxy) is 1. The molecule has 98 valence electrons. The van der Waals surface area contributed by atoms with Gasteiger partial charge in [-0.25, -0.2) is 0 Å². The zero-order valence-electron chi connectivity index (χ0n) is 11.0. The van der Waals surface area contributed by atoms with E-state index in [9.17, 15) is 4.79 Å². The highest BCUT2D eigenvalue weighted by molar-refractivity contribution is 8.00. The van der Waals surface area contributed by atoms with E-state index in [1.165, 1.54) is 5.56 Å². The van der Waals surface area contributed by atoms with Gasteiger partial charge < -0.3 is 4.74 Å². The SMILES string of the molecule is Cc1ccc(C(=O)C(C)SCC2CCCO2)cc1. The summed E-state index contributed by atoms with van der Waals surface area (Å²) in [5.74, 6) is 1.15. The average Bonchev–Trinajstić information content (AvgIpc) is 2.89. The predicted molar refractivity (Wildman–Crippen MR) is 76.4 cm³/mol. The fourth-order valence-electron chi connectivity index (χ4n) is 2.06. The molecule has 2 unspecified atom stereocenters. The molecule has 1 aliphatic heterocycles. The van der Waals surface area contributed by atoms with Crippen molar-refractivity contribution in [2.75, 3.05) is 12.4 Å². The molecule has 1 aliphatic rings. The Hall–Kier alpha value is -0.800. The maximum absolute atomic E-state index is 12.2. The molecule has 0 amide bonds. The zero-order valence-corrected chi connectivity index (χ0v) is 11.8. The van der Waals surface area contributed by atoms with Crippen LogP contribution in [0.5, 0.6) is 0 Å². The predicted octanol–water partition coefficient (Wildman–Crippen LogP) is 3.48. The van der Waals surface area contributed by atoms with Crippen LogP contribution in [-0.4, -0.2) is 29.5 Å². The Labute approximate surface area is 113 Å². The second-order valence-corrected chi connectivity index (χ2v) is 6.21. The number of Topliss-reactive ketones (excluding diaryl/α,β-unsaturated/α-hetero) is 1. The first-order chi connectivity index (χ1) is 8.66. The van der Waals surface area contributed by atoms with Crippen LogP contribution in [0.1, 0.15) is 35.7 Å². The molecule has 0 aromatic heterocycles. The molecule has 1 saturated heterocycles. The summed E-state index contributed by atoms with van der Waals surface area (Å²) >= 11 is 1.71. The van der Waals surface area contributed by atoms with E-state index in [0.717, 1.165) is 30.8 Å². The number of aryl methyl sites for hydroxylation is 1. The van der Waals surface area contributed by atoms with Gasteiger partial charge in [-0.2, -0.15) is 0 Å². The van der Waals surface area contributed by atoms with Gasteiger partial charge in [-0.15, -0.1) is 11.8 Å². The van der Waals surface area contributed by atoms with Crippen LogP contribution in [0.15, 0.2) is 24.3 Å². The van der Waals surface area contributed by atoms with Crippen LogP contribution < -0.4 is 0 Å². The molecular formula is C15H20O2S. The molecule has 18 heavy (non-hydrogen) atoms. The van der Waals surface area contributed by atoms with Crippen LogP contribution in [0, 0.1) is 6.92 Å². The van der Waals surface area contributed by atoms with Crippen molar-refractivity contribution in [1.82, 2.24) is 0 Å². The molecule has 0 radical (unpaired) electrons. The van der Waals surface area contributed by atoms with E-state index in [2.05, 4.69) is 0 Å². The van der Waals surface area contributed by atoms with Gasteiger partial charge in [0.1, 0.15) is 0 Å². The molecule has 3 heteroatoms. The van der Waals surface area contributed by atoms with Gasteiger partial charge in [0.2, 0.25) is 0 Å². The number of rotatable bonds is 5. The van der Waals surface area contributed by atoms with Crippen molar-refractivity contribution in [2.24, 2.45) is 0 Å². The van der Waals surface area contributed by atoms with Crippen LogP contribution in [0.25, 0.3) is 0 Å². The van der Waals surface area contributed by atoms with Crippen molar-refractivity contribution in [2.45, 2.75) is 38.0 Å². The Kier molecular flexibility index (Phi) is 4.84. The first-order valence-electron chi connectivity index (χ1n) is 6.51. The molecule has 0 N–H and O–H groups in total. The lowest BCUT2D eigenvalue weighted by atomic mass is 10.1. The molecule has 1 aromatic carbocycles. The third-order valence-corrected chi connectivity index (χ3v) is 4.54. The number of thioether (sulfide) groups is 1. The molecule has 1 fully saturated rings. The van der Waals surface area contributed by atoms with Crippen molar-refractivity contribution in [3.63, 3.8) is 0 Å². The minimum absolute atomic E-state index is 0.0110. The standard InChI is InChI=1S/C15H20O2S/c1-11-5-7-13(8-6-11)15(16)12(2)18-10-14-4-3-9-17-14/h5-8,12,14H,3-4,9-10H2,1-2H3. The van der Waals surface area contributed by atoms with E-state index in [4.69, 9.17) is 4.74 Å². The largest absolute Gasteiger partial charge is 0.377 e. The summed E-state index contributed by atoms with van der Waals surface area (Å²) in [4.78, 5) is 12.2. The maximum atomic E-state index is 12.2. The molecule has 2 nitrogen and oxygen atoms in total. The van der Waals surface area contributed by atoms with Crippen LogP contribution in [-0.2, 0) is 4.74 Å². The molecular weight excluding hydrogens is 244 g/mol. The first kappa shape index (κ1) is 13.6. The van der Waals surface area contributed by atoms with Gasteiger partial charge >= 0.3 is 0 Å². The summed E-state index contributed by atoms with van der Waals surface area (Å²) < 4.78 is 5.57. The van der Waals surface area contributed by atoms with Crippen molar-refractivity contribution in [1.29, 1.82) is 0 Å².